The van der Waals surface area contributed by atoms with Crippen LogP contribution in [0.4, 0.5) is 8.78 Å². The van der Waals surface area contributed by atoms with Crippen LogP contribution in [-0.4, -0.2) is 23.2 Å². The van der Waals surface area contributed by atoms with Crippen LogP contribution in [0.5, 0.6) is 0 Å². The maximum Gasteiger partial charge on any atom is 0.270 e. The second kappa shape index (κ2) is 5.92. The number of nitrogens with zero attached hydrogens (tertiary/aromatic N) is 3. The van der Waals surface area contributed by atoms with Gasteiger partial charge in [0.15, 0.2) is 5.82 Å². The number of rotatable bonds is 4. The molecule has 1 aromatic carbocycles. The van der Waals surface area contributed by atoms with E-state index in [0.717, 1.165) is 37.6 Å². The highest BCUT2D eigenvalue weighted by atomic mass is 19.3. The zero-order valence-electron chi connectivity index (χ0n) is 13.6. The van der Waals surface area contributed by atoms with E-state index in [4.69, 9.17) is 4.52 Å². The summed E-state index contributed by atoms with van der Waals surface area (Å²) in [5, 5.41) is 8.64. The van der Waals surface area contributed by atoms with E-state index in [-0.39, 0.29) is 17.4 Å². The molecule has 24 heavy (non-hydrogen) atoms. The van der Waals surface area contributed by atoms with Crippen LogP contribution < -0.4 is 5.32 Å². The molecule has 2 aliphatic rings. The van der Waals surface area contributed by atoms with E-state index in [0.29, 0.717) is 24.9 Å². The van der Waals surface area contributed by atoms with Gasteiger partial charge in [-0.3, -0.25) is 0 Å². The summed E-state index contributed by atoms with van der Waals surface area (Å²) in [6.45, 7) is 2.32. The zero-order chi connectivity index (χ0) is 16.7. The largest absolute Gasteiger partial charge is 0.339 e. The van der Waals surface area contributed by atoms with Crippen molar-refractivity contribution in [3.63, 3.8) is 0 Å². The summed E-state index contributed by atoms with van der Waals surface area (Å²) >= 11 is 0. The molecule has 2 unspecified atom stereocenters. The molecule has 1 aromatic heterocycles. The van der Waals surface area contributed by atoms with Gasteiger partial charge in [0, 0.05) is 31.5 Å². The van der Waals surface area contributed by atoms with Crippen molar-refractivity contribution in [3.05, 3.63) is 47.1 Å². The average molecular weight is 332 g/mol. The summed E-state index contributed by atoms with van der Waals surface area (Å²) < 4.78 is 32.1. The first kappa shape index (κ1) is 15.7. The predicted octanol–water partition coefficient (Wildman–Crippen LogP) is 3.93. The number of aromatic nitrogens is 2. The molecule has 4 nitrogen and oxygen atoms in total. The summed E-state index contributed by atoms with van der Waals surface area (Å²) in [6, 6.07) is 6.60. The maximum absolute atomic E-state index is 13.3. The molecule has 2 atom stereocenters. The summed E-state index contributed by atoms with van der Waals surface area (Å²) in [5.74, 6) is -0.512. The number of halogens is 2. The van der Waals surface area contributed by atoms with E-state index in [1.165, 1.54) is 12.1 Å². The first-order valence-electron chi connectivity index (χ1n) is 8.45. The van der Waals surface area contributed by atoms with Gasteiger partial charge in [-0.2, -0.15) is 4.98 Å². The van der Waals surface area contributed by atoms with Crippen LogP contribution in [0.3, 0.4) is 0 Å². The fourth-order valence-electron chi connectivity index (χ4n) is 3.27. The Morgan fingerprint density at radius 1 is 1.04 bits per heavy atom. The quantitative estimate of drug-likeness (QED) is 0.852. The molecule has 127 valence electrons. The highest BCUT2D eigenvalue weighted by Crippen LogP contribution is 2.40. The zero-order valence-corrected chi connectivity index (χ0v) is 13.6. The normalized spacial score (nSPS) is 25.0. The molecule has 2 heterocycles. The molecule has 4 rings (SSSR count). The topological polar surface area (TPSA) is 53.0 Å². The van der Waals surface area contributed by atoms with E-state index < -0.39 is 5.92 Å². The summed E-state index contributed by atoms with van der Waals surface area (Å²) in [5.41, 5.74) is 1.08. The van der Waals surface area contributed by atoms with Gasteiger partial charge in [0.1, 0.15) is 0 Å². The molecule has 0 spiro atoms. The lowest BCUT2D eigenvalue weighted by Gasteiger charge is -2.27. The van der Waals surface area contributed by atoms with Crippen molar-refractivity contribution in [3.8, 4) is 0 Å². The molecule has 1 saturated heterocycles. The standard InChI is InChI=1S/C18H20F2N3O/c1-18(19,20)15-6-4-11(5-7-15)13-8-14(10-21-9-13)17-22-16(23-24-17)12-2-3-12/h4-7,12-14H,2-3,8-10H2,1H3. The van der Waals surface area contributed by atoms with Crippen molar-refractivity contribution in [2.24, 2.45) is 0 Å². The van der Waals surface area contributed by atoms with Crippen molar-refractivity contribution in [1.82, 2.24) is 15.5 Å². The van der Waals surface area contributed by atoms with Gasteiger partial charge in [0.2, 0.25) is 5.89 Å². The summed E-state index contributed by atoms with van der Waals surface area (Å²) in [7, 11) is 0. The van der Waals surface area contributed by atoms with Crippen LogP contribution in [0.25, 0.3) is 0 Å². The van der Waals surface area contributed by atoms with Gasteiger partial charge in [0.05, 0.1) is 5.92 Å². The molecule has 1 aliphatic heterocycles. The molecular weight excluding hydrogens is 312 g/mol. The minimum absolute atomic E-state index is 0.0431. The van der Waals surface area contributed by atoms with E-state index in [1.807, 2.05) is 0 Å². The van der Waals surface area contributed by atoms with Crippen LogP contribution in [0.15, 0.2) is 28.8 Å². The highest BCUT2D eigenvalue weighted by molar-refractivity contribution is 5.29. The SMILES string of the molecule is CC(F)(F)c1ccc(C2C[N]CC(c3nc(C4CC4)no3)C2)cc1. The number of hydrogen-bond acceptors (Lipinski definition) is 3. The van der Waals surface area contributed by atoms with Crippen molar-refractivity contribution in [2.45, 2.75) is 49.9 Å². The minimum atomic E-state index is -2.80. The van der Waals surface area contributed by atoms with E-state index in [1.54, 1.807) is 12.1 Å². The predicted molar refractivity (Wildman–Crippen MR) is 84.3 cm³/mol. The van der Waals surface area contributed by atoms with Crippen LogP contribution in [0, 0.1) is 0 Å². The van der Waals surface area contributed by atoms with Crippen LogP contribution in [-0.2, 0) is 5.92 Å². The Kier molecular flexibility index (Phi) is 3.87. The van der Waals surface area contributed by atoms with Gasteiger partial charge in [-0.25, -0.2) is 14.1 Å². The molecule has 1 radical (unpaired) electrons. The number of piperidine rings is 1. The lowest BCUT2D eigenvalue weighted by molar-refractivity contribution is 0.0174. The molecule has 0 amide bonds. The molecule has 1 saturated carbocycles. The molecule has 1 aliphatic carbocycles. The van der Waals surface area contributed by atoms with Gasteiger partial charge in [-0.05, 0) is 30.7 Å². The van der Waals surface area contributed by atoms with Gasteiger partial charge in [-0.1, -0.05) is 29.4 Å². The Labute approximate surface area is 139 Å². The van der Waals surface area contributed by atoms with Gasteiger partial charge >= 0.3 is 0 Å². The molecule has 2 aromatic rings. The fraction of sp³-hybridized carbons (Fsp3) is 0.556. The maximum atomic E-state index is 13.3. The molecular formula is C18H20F2N3O. The second-order valence-electron chi connectivity index (χ2n) is 6.99. The Morgan fingerprint density at radius 3 is 2.42 bits per heavy atom. The monoisotopic (exact) mass is 332 g/mol. The van der Waals surface area contributed by atoms with E-state index >= 15 is 0 Å². The Hall–Kier alpha value is -1.82. The highest BCUT2D eigenvalue weighted by Gasteiger charge is 2.33. The molecule has 6 heteroatoms. The fourth-order valence-corrected chi connectivity index (χ4v) is 3.27. The first-order valence-corrected chi connectivity index (χ1v) is 8.45. The average Bonchev–Trinajstić information content (AvgIpc) is 3.31. The smallest absolute Gasteiger partial charge is 0.270 e. The van der Waals surface area contributed by atoms with Crippen molar-refractivity contribution >= 4 is 0 Å². The third-order valence-electron chi connectivity index (χ3n) is 4.91. The van der Waals surface area contributed by atoms with Crippen LogP contribution in [0.2, 0.25) is 0 Å². The van der Waals surface area contributed by atoms with E-state index in [2.05, 4.69) is 15.5 Å². The minimum Gasteiger partial charge on any atom is -0.339 e. The first-order chi connectivity index (χ1) is 11.5. The van der Waals surface area contributed by atoms with Gasteiger partial charge < -0.3 is 4.52 Å². The third kappa shape index (κ3) is 3.20. The molecule has 0 N–H and O–H groups in total. The summed E-state index contributed by atoms with van der Waals surface area (Å²) in [6.07, 6.45) is 3.15. The van der Waals surface area contributed by atoms with Crippen molar-refractivity contribution < 1.29 is 13.3 Å². The lowest BCUT2D eigenvalue weighted by Crippen LogP contribution is -2.29. The number of hydrogen-bond donors (Lipinski definition) is 0. The Morgan fingerprint density at radius 2 is 1.75 bits per heavy atom. The van der Waals surface area contributed by atoms with Crippen molar-refractivity contribution in [2.75, 3.05) is 13.1 Å². The van der Waals surface area contributed by atoms with Gasteiger partial charge in [0.25, 0.3) is 5.92 Å². The second-order valence-corrected chi connectivity index (χ2v) is 6.99. The summed E-state index contributed by atoms with van der Waals surface area (Å²) in [4.78, 5) is 4.53. The Balaban J connectivity index is 1.47. The lowest BCUT2D eigenvalue weighted by atomic mass is 9.85. The molecule has 0 bridgehead atoms. The van der Waals surface area contributed by atoms with Crippen LogP contribution >= 0.6 is 0 Å². The third-order valence-corrected chi connectivity index (χ3v) is 4.91. The number of benzene rings is 1. The van der Waals surface area contributed by atoms with Crippen molar-refractivity contribution in [1.29, 1.82) is 0 Å². The Bertz CT molecular complexity index is 704. The van der Waals surface area contributed by atoms with Gasteiger partial charge in [-0.15, -0.1) is 0 Å². The number of alkyl halides is 2. The molecule has 2 fully saturated rings. The van der Waals surface area contributed by atoms with Crippen LogP contribution in [0.1, 0.15) is 66.8 Å². The van der Waals surface area contributed by atoms with E-state index in [9.17, 15) is 8.78 Å².